The summed E-state index contributed by atoms with van der Waals surface area (Å²) in [7, 11) is 0. The van der Waals surface area contributed by atoms with Gasteiger partial charge in [0.2, 0.25) is 11.8 Å². The van der Waals surface area contributed by atoms with Crippen molar-refractivity contribution in [3.05, 3.63) is 64.6 Å². The lowest BCUT2D eigenvalue weighted by Gasteiger charge is -2.40. The smallest absolute Gasteiger partial charge is 0.248 e. The van der Waals surface area contributed by atoms with Crippen LogP contribution in [-0.4, -0.2) is 23.2 Å². The maximum Gasteiger partial charge on any atom is 0.248 e. The van der Waals surface area contributed by atoms with Gasteiger partial charge >= 0.3 is 0 Å². The van der Waals surface area contributed by atoms with Crippen molar-refractivity contribution < 1.29 is 19.4 Å². The molecule has 7 nitrogen and oxygen atoms in total. The van der Waals surface area contributed by atoms with Crippen molar-refractivity contribution >= 4 is 17.2 Å². The number of nitrogens with zero attached hydrogens (tertiary/aromatic N) is 2. The largest absolute Gasteiger partial charge is 0.508 e. The van der Waals surface area contributed by atoms with Crippen LogP contribution in [0.15, 0.2) is 47.9 Å². The Bertz CT molecular complexity index is 1320. The minimum absolute atomic E-state index is 0.0272. The van der Waals surface area contributed by atoms with E-state index in [2.05, 4.69) is 6.07 Å². The molecule has 0 saturated heterocycles. The summed E-state index contributed by atoms with van der Waals surface area (Å²) in [6, 6.07) is 10.4. The lowest BCUT2D eigenvalue weighted by molar-refractivity contribution is -0.121. The van der Waals surface area contributed by atoms with Crippen LogP contribution in [0.1, 0.15) is 44.4 Å². The first kappa shape index (κ1) is 20.0. The number of fused-ring (bicyclic) bond motifs is 3. The summed E-state index contributed by atoms with van der Waals surface area (Å²) in [5.41, 5.74) is 7.80. The minimum Gasteiger partial charge on any atom is -0.508 e. The second kappa shape index (κ2) is 6.30. The first-order chi connectivity index (χ1) is 15.2. The summed E-state index contributed by atoms with van der Waals surface area (Å²) >= 11 is 0. The third-order valence-corrected chi connectivity index (χ3v) is 6.44. The molecule has 0 fully saturated rings. The van der Waals surface area contributed by atoms with E-state index in [-0.39, 0.29) is 28.9 Å². The zero-order chi connectivity index (χ0) is 23.0. The maximum absolute atomic E-state index is 14.4. The fourth-order valence-electron chi connectivity index (χ4n) is 5.33. The Balaban J connectivity index is 1.97. The van der Waals surface area contributed by atoms with E-state index < -0.39 is 11.0 Å². The van der Waals surface area contributed by atoms with E-state index in [9.17, 15) is 15.2 Å². The number of anilines is 1. The number of phenolic OH excluding ortho intramolecular Hbond substituents is 1. The van der Waals surface area contributed by atoms with Crippen LogP contribution in [0, 0.1) is 11.3 Å². The quantitative estimate of drug-likeness (QED) is 0.753. The van der Waals surface area contributed by atoms with Crippen molar-refractivity contribution in [2.75, 3.05) is 11.5 Å². The van der Waals surface area contributed by atoms with Crippen LogP contribution in [0.3, 0.4) is 0 Å². The number of nitriles is 1. The molecule has 3 heterocycles. The van der Waals surface area contributed by atoms with Crippen molar-refractivity contribution in [3.63, 3.8) is 0 Å². The fraction of sp³-hybridized carbons (Fsp3) is 0.280. The van der Waals surface area contributed by atoms with Gasteiger partial charge in [0, 0.05) is 22.8 Å². The number of carbonyl (C=O) groups excluding carboxylic acids is 1. The first-order valence-corrected chi connectivity index (χ1v) is 10.4. The molecular weight excluding hydrogens is 406 g/mol. The number of allylic oxidation sites excluding steroid dienone is 1. The van der Waals surface area contributed by atoms with Gasteiger partial charge in [-0.2, -0.15) is 5.26 Å². The molecule has 0 unspecified atom stereocenters. The highest BCUT2D eigenvalue weighted by Crippen LogP contribution is 2.60. The second-order valence-corrected chi connectivity index (χ2v) is 8.81. The van der Waals surface area contributed by atoms with Crippen molar-refractivity contribution in [1.29, 1.82) is 5.26 Å². The molecule has 162 valence electrons. The molecule has 1 atom stereocenters. The number of phenols is 1. The molecule has 2 aromatic carbocycles. The average Bonchev–Trinajstić information content (AvgIpc) is 2.97. The van der Waals surface area contributed by atoms with E-state index in [1.54, 1.807) is 11.0 Å². The van der Waals surface area contributed by atoms with Crippen LogP contribution >= 0.6 is 0 Å². The van der Waals surface area contributed by atoms with Gasteiger partial charge < -0.3 is 25.2 Å². The summed E-state index contributed by atoms with van der Waals surface area (Å²) in [5, 5.41) is 20.2. The van der Waals surface area contributed by atoms with E-state index >= 15 is 0 Å². The van der Waals surface area contributed by atoms with Gasteiger partial charge in [-0.3, -0.25) is 4.79 Å². The molecule has 2 aromatic rings. The van der Waals surface area contributed by atoms with Gasteiger partial charge in [-0.05, 0) is 57.5 Å². The topological polar surface area (TPSA) is 109 Å². The maximum atomic E-state index is 14.4. The van der Waals surface area contributed by atoms with E-state index in [0.717, 1.165) is 16.8 Å². The number of ether oxygens (including phenoxy) is 2. The Morgan fingerprint density at radius 3 is 2.69 bits per heavy atom. The monoisotopic (exact) mass is 429 g/mol. The highest BCUT2D eigenvalue weighted by molar-refractivity contribution is 6.18. The van der Waals surface area contributed by atoms with Gasteiger partial charge in [-0.25, -0.2) is 0 Å². The summed E-state index contributed by atoms with van der Waals surface area (Å²) in [4.78, 5) is 16.2. The molecule has 3 aliphatic heterocycles. The summed E-state index contributed by atoms with van der Waals surface area (Å²) in [6.45, 7) is 8.28. The molecule has 0 aliphatic carbocycles. The summed E-state index contributed by atoms with van der Waals surface area (Å²) in [6.07, 6.45) is 2.04. The Hall–Kier alpha value is -3.92. The van der Waals surface area contributed by atoms with Crippen molar-refractivity contribution in [1.82, 2.24) is 0 Å². The van der Waals surface area contributed by atoms with Gasteiger partial charge in [-0.15, -0.1) is 0 Å². The van der Waals surface area contributed by atoms with Gasteiger partial charge in [0.15, 0.2) is 0 Å². The van der Waals surface area contributed by atoms with Crippen LogP contribution in [0.2, 0.25) is 0 Å². The SMILES string of the molecule is CCOc1cc2c3c(c1)[C@]1(C(=O)N3C(C)(C)C=C2C)C(C#N)=C(N)Oc2cc(O)ccc21. The van der Waals surface area contributed by atoms with E-state index in [1.807, 2.05) is 45.9 Å². The third kappa shape index (κ3) is 2.27. The number of carbonyl (C=O) groups is 1. The number of benzene rings is 2. The molecule has 0 saturated carbocycles. The number of amides is 1. The highest BCUT2D eigenvalue weighted by atomic mass is 16.5. The van der Waals surface area contributed by atoms with Crippen molar-refractivity contribution in [2.24, 2.45) is 5.73 Å². The number of hydrogen-bond donors (Lipinski definition) is 2. The Morgan fingerprint density at radius 1 is 1.25 bits per heavy atom. The molecule has 32 heavy (non-hydrogen) atoms. The molecule has 3 aliphatic rings. The standard InChI is InChI=1S/C25H23N3O4/c1-5-31-15-9-16-13(2)11-24(3,4)28-21(16)18(10-15)25(23(28)30)17-7-6-14(29)8-20(17)32-22(27)19(25)12-26/h6-11,29H,5,27H2,1-4H3/t25-/m0/s1. The van der Waals surface area contributed by atoms with Crippen LogP contribution < -0.4 is 20.1 Å². The van der Waals surface area contributed by atoms with Crippen LogP contribution in [0.5, 0.6) is 17.2 Å². The van der Waals surface area contributed by atoms with Gasteiger partial charge in [0.1, 0.15) is 34.3 Å². The summed E-state index contributed by atoms with van der Waals surface area (Å²) in [5.74, 6) is 0.376. The molecule has 1 spiro atoms. The molecule has 5 rings (SSSR count). The molecular formula is C25H23N3O4. The zero-order valence-electron chi connectivity index (χ0n) is 18.3. The molecule has 0 aromatic heterocycles. The number of hydrogen-bond acceptors (Lipinski definition) is 6. The zero-order valence-corrected chi connectivity index (χ0v) is 18.3. The minimum atomic E-state index is -1.51. The number of aromatic hydroxyl groups is 1. The molecule has 7 heteroatoms. The van der Waals surface area contributed by atoms with Crippen LogP contribution in [0.25, 0.3) is 5.57 Å². The molecule has 3 N–H and O–H groups in total. The number of nitrogens with two attached hydrogens (primary N) is 1. The van der Waals surface area contributed by atoms with Gasteiger partial charge in [-0.1, -0.05) is 6.08 Å². The van der Waals surface area contributed by atoms with E-state index in [1.165, 1.54) is 12.1 Å². The predicted molar refractivity (Wildman–Crippen MR) is 119 cm³/mol. The van der Waals surface area contributed by atoms with E-state index in [4.69, 9.17) is 15.2 Å². The van der Waals surface area contributed by atoms with Crippen molar-refractivity contribution in [3.8, 4) is 23.3 Å². The molecule has 0 bridgehead atoms. The lowest BCUT2D eigenvalue weighted by atomic mass is 9.68. The number of rotatable bonds is 2. The predicted octanol–water partition coefficient (Wildman–Crippen LogP) is 3.71. The van der Waals surface area contributed by atoms with Crippen LogP contribution in [0.4, 0.5) is 5.69 Å². The van der Waals surface area contributed by atoms with Crippen molar-refractivity contribution in [2.45, 2.75) is 38.6 Å². The third-order valence-electron chi connectivity index (χ3n) is 6.44. The second-order valence-electron chi connectivity index (χ2n) is 8.81. The highest BCUT2D eigenvalue weighted by Gasteiger charge is 2.62. The normalized spacial score (nSPS) is 22.2. The van der Waals surface area contributed by atoms with E-state index in [0.29, 0.717) is 23.5 Å². The van der Waals surface area contributed by atoms with Gasteiger partial charge in [0.05, 0.1) is 17.8 Å². The lowest BCUT2D eigenvalue weighted by Crippen LogP contribution is -2.53. The average molecular weight is 429 g/mol. The Labute approximate surface area is 186 Å². The Morgan fingerprint density at radius 2 is 2.00 bits per heavy atom. The van der Waals surface area contributed by atoms with Gasteiger partial charge in [0.25, 0.3) is 0 Å². The van der Waals surface area contributed by atoms with Crippen LogP contribution in [-0.2, 0) is 10.2 Å². The first-order valence-electron chi connectivity index (χ1n) is 10.4. The fourth-order valence-corrected chi connectivity index (χ4v) is 5.33. The summed E-state index contributed by atoms with van der Waals surface area (Å²) < 4.78 is 11.5. The molecule has 0 radical (unpaired) electrons. The Kier molecular flexibility index (Phi) is 3.94. The molecule has 1 amide bonds.